The maximum Gasteiger partial charge on any atom is 1.00 e. The fraction of sp³-hybridized carbons (Fsp3) is 0. The molecule has 16 heavy (non-hydrogen) atoms. The van der Waals surface area contributed by atoms with Gasteiger partial charge in [-0.1, -0.05) is 0 Å². The van der Waals surface area contributed by atoms with Gasteiger partial charge in [0.2, 0.25) is 0 Å². The molecule has 0 aromatic heterocycles. The number of aromatic carboxylic acids is 1. The Morgan fingerprint density at radius 3 is 2.12 bits per heavy atom. The smallest absolute Gasteiger partial charge is 1.00 e. The van der Waals surface area contributed by atoms with Crippen LogP contribution in [0.3, 0.4) is 0 Å². The molecule has 0 aliphatic carbocycles. The van der Waals surface area contributed by atoms with Crippen LogP contribution in [0.4, 0.5) is 0 Å². The number of carbonyl (C=O) groups is 1. The molecule has 0 aliphatic heterocycles. The van der Waals surface area contributed by atoms with Gasteiger partial charge in [0.15, 0.2) is 0 Å². The molecule has 0 amide bonds. The summed E-state index contributed by atoms with van der Waals surface area (Å²) >= 11 is 0. The van der Waals surface area contributed by atoms with Gasteiger partial charge in [-0.3, -0.25) is 4.55 Å². The van der Waals surface area contributed by atoms with Gasteiger partial charge < -0.3 is 13.1 Å². The molecule has 0 spiro atoms. The standard InChI is InChI=1S/C7H6O6S.2Na.2H/c8-6-2-1-4(14(11,12)13)3-5(6)7(9)10;;;;/h1-3,8H,(H,9,10)(H,11,12,13);;;;/q;2*+1;2*-1. The zero-order chi connectivity index (χ0) is 10.9. The summed E-state index contributed by atoms with van der Waals surface area (Å²) in [6.07, 6.45) is 0. The van der Waals surface area contributed by atoms with Crippen molar-refractivity contribution in [3.8, 4) is 5.75 Å². The first-order chi connectivity index (χ1) is 6.32. The number of carboxylic acid groups (broad SMARTS) is 1. The van der Waals surface area contributed by atoms with Crippen LogP contribution in [0.25, 0.3) is 0 Å². The Morgan fingerprint density at radius 2 is 1.75 bits per heavy atom. The maximum absolute atomic E-state index is 10.6. The minimum absolute atomic E-state index is 0. The molecule has 1 aromatic rings. The number of aromatic hydroxyl groups is 1. The minimum atomic E-state index is -4.45. The summed E-state index contributed by atoms with van der Waals surface area (Å²) in [7, 11) is -4.45. The molecule has 0 fully saturated rings. The van der Waals surface area contributed by atoms with Crippen LogP contribution in [-0.2, 0) is 10.1 Å². The minimum Gasteiger partial charge on any atom is -1.00 e. The largest absolute Gasteiger partial charge is 1.00 e. The molecular formula is C7H8Na2O6S. The van der Waals surface area contributed by atoms with Crippen LogP contribution >= 0.6 is 0 Å². The van der Waals surface area contributed by atoms with E-state index in [1.165, 1.54) is 0 Å². The van der Waals surface area contributed by atoms with E-state index in [0.717, 1.165) is 12.1 Å². The quantitative estimate of drug-likeness (QED) is 0.364. The molecule has 80 valence electrons. The van der Waals surface area contributed by atoms with E-state index in [9.17, 15) is 13.2 Å². The topological polar surface area (TPSA) is 112 Å². The van der Waals surface area contributed by atoms with E-state index >= 15 is 0 Å². The van der Waals surface area contributed by atoms with E-state index in [1.54, 1.807) is 0 Å². The summed E-state index contributed by atoms with van der Waals surface area (Å²) in [5.74, 6) is -2.04. The molecule has 0 unspecified atom stereocenters. The molecule has 0 radical (unpaired) electrons. The molecule has 3 N–H and O–H groups in total. The Bertz CT molecular complexity index is 493. The first-order valence-electron chi connectivity index (χ1n) is 3.36. The molecular weight excluding hydrogens is 258 g/mol. The molecule has 0 atom stereocenters. The summed E-state index contributed by atoms with van der Waals surface area (Å²) in [5, 5.41) is 17.5. The van der Waals surface area contributed by atoms with Crippen molar-refractivity contribution in [3.63, 3.8) is 0 Å². The molecule has 6 nitrogen and oxygen atoms in total. The summed E-state index contributed by atoms with van der Waals surface area (Å²) in [4.78, 5) is 9.89. The Balaban J connectivity index is -0.000000245. The van der Waals surface area contributed by atoms with Gasteiger partial charge >= 0.3 is 65.1 Å². The van der Waals surface area contributed by atoms with Crippen LogP contribution < -0.4 is 59.1 Å². The first kappa shape index (κ1) is 18.8. The zero-order valence-corrected chi connectivity index (χ0v) is 13.5. The fourth-order valence-electron chi connectivity index (χ4n) is 0.847. The van der Waals surface area contributed by atoms with Gasteiger partial charge in [-0.05, 0) is 18.2 Å². The molecule has 0 saturated heterocycles. The van der Waals surface area contributed by atoms with E-state index in [2.05, 4.69) is 0 Å². The number of hydrogen-bond acceptors (Lipinski definition) is 4. The number of phenols is 1. The zero-order valence-electron chi connectivity index (χ0n) is 10.7. The van der Waals surface area contributed by atoms with Gasteiger partial charge in [0, 0.05) is 0 Å². The predicted octanol–water partition coefficient (Wildman–Crippen LogP) is -5.43. The fourth-order valence-corrected chi connectivity index (χ4v) is 1.35. The van der Waals surface area contributed by atoms with Crippen LogP contribution in [0, 0.1) is 0 Å². The third kappa shape index (κ3) is 4.72. The molecule has 0 bridgehead atoms. The van der Waals surface area contributed by atoms with E-state index in [0.29, 0.717) is 6.07 Å². The van der Waals surface area contributed by atoms with Crippen molar-refractivity contribution in [2.75, 3.05) is 0 Å². The monoisotopic (exact) mass is 266 g/mol. The maximum atomic E-state index is 10.6. The van der Waals surface area contributed by atoms with Crippen molar-refractivity contribution in [3.05, 3.63) is 23.8 Å². The number of carboxylic acids is 1. The average molecular weight is 266 g/mol. The van der Waals surface area contributed by atoms with Gasteiger partial charge in [0.05, 0.1) is 4.90 Å². The second kappa shape index (κ2) is 6.97. The average Bonchev–Trinajstić information content (AvgIpc) is 2.02. The van der Waals surface area contributed by atoms with Gasteiger partial charge in [-0.25, -0.2) is 4.79 Å². The Hall–Kier alpha value is 0.400. The Morgan fingerprint density at radius 1 is 1.25 bits per heavy atom. The second-order valence-corrected chi connectivity index (χ2v) is 3.88. The van der Waals surface area contributed by atoms with Crippen LogP contribution in [0.2, 0.25) is 0 Å². The Kier molecular flexibility index (Phi) is 8.17. The van der Waals surface area contributed by atoms with Crippen LogP contribution in [0.1, 0.15) is 13.2 Å². The van der Waals surface area contributed by atoms with E-state index in [-0.39, 0.29) is 62.0 Å². The summed E-state index contributed by atoms with van der Waals surface area (Å²) in [5.41, 5.74) is -0.583. The Labute approximate surface area is 139 Å². The second-order valence-electron chi connectivity index (χ2n) is 2.46. The summed E-state index contributed by atoms with van der Waals surface area (Å²) in [6, 6.07) is 2.46. The van der Waals surface area contributed by atoms with Crippen molar-refractivity contribution in [1.82, 2.24) is 0 Å². The third-order valence-corrected chi connectivity index (χ3v) is 2.35. The van der Waals surface area contributed by atoms with Gasteiger partial charge in [-0.2, -0.15) is 8.42 Å². The van der Waals surface area contributed by atoms with E-state index in [4.69, 9.17) is 14.8 Å². The normalized spacial score (nSPS) is 9.81. The van der Waals surface area contributed by atoms with Crippen molar-refractivity contribution < 1.29 is 89.9 Å². The van der Waals surface area contributed by atoms with Crippen LogP contribution in [-0.4, -0.2) is 29.2 Å². The van der Waals surface area contributed by atoms with E-state index in [1.807, 2.05) is 0 Å². The van der Waals surface area contributed by atoms with Gasteiger partial charge in [0.25, 0.3) is 10.1 Å². The SMILES string of the molecule is O=C(O)c1cc(S(=O)(=O)O)ccc1O.[H-].[H-].[Na+].[Na+]. The van der Waals surface area contributed by atoms with Gasteiger partial charge in [-0.15, -0.1) is 0 Å². The first-order valence-corrected chi connectivity index (χ1v) is 4.80. The molecule has 0 saturated carbocycles. The van der Waals surface area contributed by atoms with Crippen molar-refractivity contribution in [2.24, 2.45) is 0 Å². The van der Waals surface area contributed by atoms with Crippen LogP contribution in [0.5, 0.6) is 5.75 Å². The third-order valence-electron chi connectivity index (χ3n) is 1.50. The molecule has 0 heterocycles. The summed E-state index contributed by atoms with van der Waals surface area (Å²) in [6.45, 7) is 0. The van der Waals surface area contributed by atoms with Crippen molar-refractivity contribution in [1.29, 1.82) is 0 Å². The predicted molar refractivity (Wildman–Crippen MR) is 47.1 cm³/mol. The van der Waals surface area contributed by atoms with Gasteiger partial charge in [0.1, 0.15) is 11.3 Å². The number of hydrogen-bond donors (Lipinski definition) is 3. The molecule has 9 heteroatoms. The number of benzene rings is 1. The number of rotatable bonds is 2. The van der Waals surface area contributed by atoms with Crippen molar-refractivity contribution in [2.45, 2.75) is 4.90 Å². The van der Waals surface area contributed by atoms with Crippen molar-refractivity contribution >= 4 is 16.1 Å². The van der Waals surface area contributed by atoms with Crippen LogP contribution in [0.15, 0.2) is 23.1 Å². The molecule has 0 aliphatic rings. The van der Waals surface area contributed by atoms with E-state index < -0.39 is 32.3 Å². The summed E-state index contributed by atoms with van der Waals surface area (Å²) < 4.78 is 29.8. The molecule has 1 rings (SSSR count). The molecule has 1 aromatic carbocycles.